The van der Waals surface area contributed by atoms with E-state index in [0.717, 1.165) is 5.69 Å². The third kappa shape index (κ3) is 2.96. The van der Waals surface area contributed by atoms with Gasteiger partial charge in [-0.1, -0.05) is 0 Å². The Kier molecular flexibility index (Phi) is 3.78. The Balaban J connectivity index is 1.95. The fraction of sp³-hybridized carbons (Fsp3) is 0.400. The summed E-state index contributed by atoms with van der Waals surface area (Å²) in [4.78, 5) is 10.6. The zero-order valence-electron chi connectivity index (χ0n) is 10.00. The molecular formula is C10H15N5O2S. The first kappa shape index (κ1) is 12.8. The molecule has 2 aromatic rings. The normalized spacial score (nSPS) is 11.8. The van der Waals surface area contributed by atoms with Crippen LogP contribution in [0.4, 0.5) is 0 Å². The van der Waals surface area contributed by atoms with Gasteiger partial charge in [-0.2, -0.15) is 0 Å². The number of sulfonamides is 1. The summed E-state index contributed by atoms with van der Waals surface area (Å²) < 4.78 is 28.0. The lowest BCUT2D eigenvalue weighted by Gasteiger charge is -2.02. The van der Waals surface area contributed by atoms with Crippen molar-refractivity contribution < 1.29 is 8.42 Å². The Morgan fingerprint density at radius 3 is 2.94 bits per heavy atom. The maximum Gasteiger partial charge on any atom is 0.259 e. The summed E-state index contributed by atoms with van der Waals surface area (Å²) >= 11 is 0. The molecule has 0 aliphatic heterocycles. The molecule has 0 radical (unpaired) electrons. The van der Waals surface area contributed by atoms with Gasteiger partial charge >= 0.3 is 0 Å². The molecule has 0 fully saturated rings. The van der Waals surface area contributed by atoms with Crippen LogP contribution in [-0.4, -0.2) is 34.5 Å². The van der Waals surface area contributed by atoms with E-state index in [1.807, 2.05) is 6.92 Å². The summed E-state index contributed by atoms with van der Waals surface area (Å²) in [5.41, 5.74) is 0.886. The molecule has 18 heavy (non-hydrogen) atoms. The van der Waals surface area contributed by atoms with Crippen LogP contribution >= 0.6 is 0 Å². The molecule has 0 bridgehead atoms. The third-order valence-electron chi connectivity index (χ3n) is 2.49. The summed E-state index contributed by atoms with van der Waals surface area (Å²) in [5, 5.41) is 0.0500. The molecule has 0 saturated heterocycles. The van der Waals surface area contributed by atoms with E-state index in [-0.39, 0.29) is 5.03 Å². The Bertz CT molecular complexity index is 588. The molecule has 0 spiro atoms. The average Bonchev–Trinajstić information content (AvgIpc) is 2.99. The number of hydrogen-bond donors (Lipinski definition) is 2. The number of aryl methyl sites for hydroxylation is 1. The van der Waals surface area contributed by atoms with E-state index >= 15 is 0 Å². The van der Waals surface area contributed by atoms with Crippen molar-refractivity contribution in [3.63, 3.8) is 0 Å². The fourth-order valence-corrected chi connectivity index (χ4v) is 2.45. The highest BCUT2D eigenvalue weighted by Crippen LogP contribution is 2.04. The first-order chi connectivity index (χ1) is 8.62. The van der Waals surface area contributed by atoms with E-state index in [0.29, 0.717) is 19.5 Å². The van der Waals surface area contributed by atoms with E-state index in [1.165, 1.54) is 12.5 Å². The lowest BCUT2D eigenvalue weighted by Crippen LogP contribution is -2.26. The summed E-state index contributed by atoms with van der Waals surface area (Å²) in [6.45, 7) is 2.92. The lowest BCUT2D eigenvalue weighted by molar-refractivity contribution is 0.578. The van der Waals surface area contributed by atoms with Gasteiger partial charge in [0.05, 0.1) is 12.7 Å². The maximum absolute atomic E-state index is 11.9. The molecule has 2 rings (SSSR count). The monoisotopic (exact) mass is 269 g/mol. The van der Waals surface area contributed by atoms with Crippen molar-refractivity contribution in [3.05, 3.63) is 30.7 Å². The van der Waals surface area contributed by atoms with Crippen LogP contribution in [0.25, 0.3) is 0 Å². The average molecular weight is 269 g/mol. The Labute approximate surface area is 105 Å². The zero-order valence-corrected chi connectivity index (χ0v) is 10.8. The molecule has 0 aliphatic carbocycles. The van der Waals surface area contributed by atoms with E-state index < -0.39 is 10.0 Å². The van der Waals surface area contributed by atoms with Crippen LogP contribution in [-0.2, 0) is 23.0 Å². The number of aromatic nitrogens is 4. The molecule has 2 N–H and O–H groups in total. The fourth-order valence-electron chi connectivity index (χ4n) is 1.47. The minimum Gasteiger partial charge on any atom is -0.348 e. The van der Waals surface area contributed by atoms with Gasteiger partial charge in [-0.3, -0.25) is 0 Å². The number of aromatic amines is 1. The standard InChI is InChI=1S/C10H15N5O2S/c1-2-15-6-10(13-8-15)18(16,17)14-4-3-9-5-11-7-12-9/h5-8,14H,2-4H2,1H3,(H,11,12). The van der Waals surface area contributed by atoms with Gasteiger partial charge in [0.15, 0.2) is 5.03 Å². The van der Waals surface area contributed by atoms with Crippen LogP contribution in [0.2, 0.25) is 0 Å². The first-order valence-electron chi connectivity index (χ1n) is 5.60. The van der Waals surface area contributed by atoms with Crippen molar-refractivity contribution in [1.29, 1.82) is 0 Å². The molecule has 0 unspecified atom stereocenters. The number of imidazole rings is 2. The molecule has 0 atom stereocenters. The zero-order chi connectivity index (χ0) is 13.0. The summed E-state index contributed by atoms with van der Waals surface area (Å²) in [5.74, 6) is 0. The van der Waals surface area contributed by atoms with Gasteiger partial charge in [-0.15, -0.1) is 0 Å². The van der Waals surface area contributed by atoms with Crippen molar-refractivity contribution in [3.8, 4) is 0 Å². The highest BCUT2D eigenvalue weighted by atomic mass is 32.2. The summed E-state index contributed by atoms with van der Waals surface area (Å²) in [7, 11) is -3.52. The van der Waals surface area contributed by atoms with Crippen LogP contribution in [0, 0.1) is 0 Å². The van der Waals surface area contributed by atoms with Gasteiger partial charge in [0.25, 0.3) is 10.0 Å². The van der Waals surface area contributed by atoms with E-state index in [1.54, 1.807) is 17.1 Å². The Hall–Kier alpha value is -1.67. The highest BCUT2D eigenvalue weighted by Gasteiger charge is 2.16. The van der Waals surface area contributed by atoms with Gasteiger partial charge < -0.3 is 9.55 Å². The van der Waals surface area contributed by atoms with E-state index in [2.05, 4.69) is 19.7 Å². The third-order valence-corrected chi connectivity index (χ3v) is 3.84. The number of H-pyrrole nitrogens is 1. The molecule has 0 aliphatic rings. The molecule has 8 heteroatoms. The molecule has 0 saturated carbocycles. The van der Waals surface area contributed by atoms with Gasteiger partial charge in [0.2, 0.25) is 0 Å². The molecule has 7 nitrogen and oxygen atoms in total. The maximum atomic E-state index is 11.9. The van der Waals surface area contributed by atoms with Crippen LogP contribution in [0.1, 0.15) is 12.6 Å². The molecule has 0 aromatic carbocycles. The molecule has 2 heterocycles. The smallest absolute Gasteiger partial charge is 0.259 e. The van der Waals surface area contributed by atoms with E-state index in [4.69, 9.17) is 0 Å². The van der Waals surface area contributed by atoms with Crippen molar-refractivity contribution >= 4 is 10.0 Å². The molecule has 2 aromatic heterocycles. The van der Waals surface area contributed by atoms with Crippen molar-refractivity contribution in [1.82, 2.24) is 24.2 Å². The SMILES string of the molecule is CCn1cnc(S(=O)(=O)NCCc2cnc[nH]2)c1. The molecular weight excluding hydrogens is 254 g/mol. The van der Waals surface area contributed by atoms with Crippen LogP contribution in [0.15, 0.2) is 30.1 Å². The number of hydrogen-bond acceptors (Lipinski definition) is 4. The number of rotatable bonds is 6. The van der Waals surface area contributed by atoms with Gasteiger partial charge in [0.1, 0.15) is 0 Å². The Morgan fingerprint density at radius 1 is 1.50 bits per heavy atom. The lowest BCUT2D eigenvalue weighted by atomic mass is 10.3. The van der Waals surface area contributed by atoms with Crippen LogP contribution < -0.4 is 4.72 Å². The van der Waals surface area contributed by atoms with Gasteiger partial charge in [0, 0.05) is 37.6 Å². The van der Waals surface area contributed by atoms with Crippen LogP contribution in [0.3, 0.4) is 0 Å². The molecule has 0 amide bonds. The molecule has 98 valence electrons. The van der Waals surface area contributed by atoms with Crippen molar-refractivity contribution in [2.24, 2.45) is 0 Å². The number of nitrogens with zero attached hydrogens (tertiary/aromatic N) is 3. The second-order valence-electron chi connectivity index (χ2n) is 3.77. The van der Waals surface area contributed by atoms with Gasteiger partial charge in [-0.25, -0.2) is 23.1 Å². The minimum absolute atomic E-state index is 0.0500. The second kappa shape index (κ2) is 5.32. The predicted molar refractivity (Wildman–Crippen MR) is 65.4 cm³/mol. The summed E-state index contributed by atoms with van der Waals surface area (Å²) in [6.07, 6.45) is 6.81. The highest BCUT2D eigenvalue weighted by molar-refractivity contribution is 7.89. The summed E-state index contributed by atoms with van der Waals surface area (Å²) in [6, 6.07) is 0. The predicted octanol–water partition coefficient (Wildman–Crippen LogP) is 0.147. The van der Waals surface area contributed by atoms with E-state index in [9.17, 15) is 8.42 Å². The number of nitrogens with one attached hydrogen (secondary N) is 2. The van der Waals surface area contributed by atoms with Crippen LogP contribution in [0.5, 0.6) is 0 Å². The largest absolute Gasteiger partial charge is 0.348 e. The minimum atomic E-state index is -3.52. The van der Waals surface area contributed by atoms with Gasteiger partial charge in [-0.05, 0) is 6.92 Å². The van der Waals surface area contributed by atoms with Crippen molar-refractivity contribution in [2.75, 3.05) is 6.54 Å². The topological polar surface area (TPSA) is 92.7 Å². The first-order valence-corrected chi connectivity index (χ1v) is 7.09. The van der Waals surface area contributed by atoms with Crippen molar-refractivity contribution in [2.45, 2.75) is 24.9 Å². The quantitative estimate of drug-likeness (QED) is 0.780. The second-order valence-corrected chi connectivity index (χ2v) is 5.48. The Morgan fingerprint density at radius 2 is 2.33 bits per heavy atom.